The highest BCUT2D eigenvalue weighted by Gasteiger charge is 2.53. The molecule has 111 heavy (non-hydrogen) atoms. The molecular weight excluding hydrogens is 1560 g/mol. The van der Waals surface area contributed by atoms with Gasteiger partial charge in [-0.2, -0.15) is 42.6 Å². The number of hydroxylamine groups is 4. The predicted molar refractivity (Wildman–Crippen MR) is 383 cm³/mol. The minimum Gasteiger partial charge on any atom is -0.356 e. The van der Waals surface area contributed by atoms with Crippen LogP contribution in [0.1, 0.15) is 185 Å². The van der Waals surface area contributed by atoms with Crippen molar-refractivity contribution in [2.75, 3.05) is 48.3 Å². The molecule has 0 spiro atoms. The van der Waals surface area contributed by atoms with Gasteiger partial charge in [0.25, 0.3) is 69.8 Å². The highest BCUT2D eigenvalue weighted by molar-refractivity contribution is 7.86. The average molecular weight is 1650 g/mol. The van der Waals surface area contributed by atoms with Gasteiger partial charge in [0.1, 0.15) is 41.9 Å². The monoisotopic (exact) mass is 1650 g/mol. The van der Waals surface area contributed by atoms with Gasteiger partial charge in [0.2, 0.25) is 41.2 Å². The summed E-state index contributed by atoms with van der Waals surface area (Å²) in [5, 5.41) is 11.6. The Morgan fingerprint density at radius 1 is 0.523 bits per heavy atom. The summed E-state index contributed by atoms with van der Waals surface area (Å²) in [6.45, 7) is 3.14. The molecule has 2 saturated heterocycles. The van der Waals surface area contributed by atoms with E-state index in [0.717, 1.165) is 0 Å². The molecule has 42 heteroatoms. The number of carbonyl (C=O) groups is 11. The Morgan fingerprint density at radius 3 is 1.53 bits per heavy atom. The Hall–Kier alpha value is -8.94. The summed E-state index contributed by atoms with van der Waals surface area (Å²) in [5.41, 5.74) is -2.63. The molecule has 0 bridgehead atoms. The lowest BCUT2D eigenvalue weighted by Crippen LogP contribution is -2.60. The topological polar surface area (TPSA) is 497 Å². The van der Waals surface area contributed by atoms with Gasteiger partial charge in [-0.15, -0.1) is 10.1 Å². The first kappa shape index (κ1) is 89.3. The van der Waals surface area contributed by atoms with Gasteiger partial charge < -0.3 is 41.2 Å². The number of hydrogen-bond donors (Lipinski definition) is 9. The molecule has 5 aliphatic heterocycles. The van der Waals surface area contributed by atoms with Crippen molar-refractivity contribution in [1.29, 1.82) is 0 Å². The summed E-state index contributed by atoms with van der Waals surface area (Å²) < 4.78 is 204. The molecule has 9 amide bonds. The predicted octanol–water partition coefficient (Wildman–Crippen LogP) is 4.39. The molecule has 2 fully saturated rings. The van der Waals surface area contributed by atoms with E-state index in [1.54, 1.807) is 17.5 Å². The Balaban J connectivity index is 1.25. The van der Waals surface area contributed by atoms with Crippen molar-refractivity contribution in [1.82, 2.24) is 36.7 Å². The number of hydrogen-bond acceptors (Lipinski definition) is 22. The molecule has 34 nitrogen and oxygen atoms in total. The van der Waals surface area contributed by atoms with E-state index < -0.39 is 192 Å². The summed E-state index contributed by atoms with van der Waals surface area (Å²) in [6, 6.07) is -3.05. The lowest BCUT2D eigenvalue weighted by molar-refractivity contribution is -0.441. The zero-order valence-corrected chi connectivity index (χ0v) is 64.0. The molecule has 5 atom stereocenters. The van der Waals surface area contributed by atoms with Crippen molar-refractivity contribution in [3.63, 3.8) is 0 Å². The van der Waals surface area contributed by atoms with Crippen LogP contribution in [0.2, 0.25) is 0 Å². The van der Waals surface area contributed by atoms with E-state index in [0.29, 0.717) is 78.4 Å². The second kappa shape index (κ2) is 39.0. The maximum Gasteiger partial charge on any atom is 0.333 e. The first-order chi connectivity index (χ1) is 52.0. The van der Waals surface area contributed by atoms with Gasteiger partial charge in [-0.3, -0.25) is 61.4 Å². The lowest BCUT2D eigenvalue weighted by atomic mass is 9.74. The number of rotatable bonds is 21. The van der Waals surface area contributed by atoms with E-state index in [1.807, 2.05) is 22.5 Å². The number of carbonyl (C=O) groups excluding carboxylic acids is 11. The maximum absolute atomic E-state index is 16.8. The Bertz CT molecular complexity index is 4530. The van der Waals surface area contributed by atoms with Gasteiger partial charge in [0, 0.05) is 100 Å². The van der Waals surface area contributed by atoms with Crippen molar-refractivity contribution in [2.45, 2.75) is 208 Å². The summed E-state index contributed by atoms with van der Waals surface area (Å²) in [6.07, 6.45) is 9.05. The molecule has 9 N–H and O–H groups in total. The quantitative estimate of drug-likeness (QED) is 0.0159. The van der Waals surface area contributed by atoms with E-state index in [9.17, 15) is 105 Å². The minimum atomic E-state index is -5.32. The second-order valence-electron chi connectivity index (χ2n) is 27.8. The van der Waals surface area contributed by atoms with Crippen LogP contribution < -0.4 is 31.5 Å². The molecule has 612 valence electrons. The number of nitrogens with zero attached hydrogens (tertiary/aromatic N) is 4. The molecule has 5 unspecified atom stereocenters. The molecule has 0 radical (unpaired) electrons. The number of amides is 9. The van der Waals surface area contributed by atoms with Gasteiger partial charge in [-0.1, -0.05) is 50.3 Å². The number of halogens is 4. The fourth-order valence-corrected chi connectivity index (χ4v) is 16.2. The smallest absolute Gasteiger partial charge is 0.333 e. The van der Waals surface area contributed by atoms with Crippen LogP contribution in [0.3, 0.4) is 0 Å². The summed E-state index contributed by atoms with van der Waals surface area (Å²) in [7, 11) is -20.6. The minimum absolute atomic E-state index is 0.0340. The standard InChI is InChI=1S/C69H89F4N9O25S4/c1-68-33-15-4-11-23-51(83)74-35-17-8-18-36-75-65(91)45(40-108(94,95)96)77-67(93)47(42-110(100,101)102)78-66(92)46(41-109(97,98)99)76-52(84)24-12-5-16-34-69(2)50(80(64-59(69)60(70)61(71)62(72)63(64)73)38-20-7-14-26-58(90)107-82-55(87)31-32-56(82)88)22-10-3-9-21-49(68)79(48-28-27-43(39-44(48)68)111(103,104)105)37-19-6-13-25-57(89)106-81-53(85)29-30-54(81)86/h3,9-10,21-22,27-28,39,45-47H,4-8,11-20,23-26,29-38,40-42H2,1-2H3,(H8-,74,75,76,77,78,83,84,91,92,93,94,95,96,97,98,99,100,101,102,103,104,105)/p+1. The van der Waals surface area contributed by atoms with E-state index in [1.165, 1.54) is 47.9 Å². The number of allylic oxidation sites excluding steroid dienone is 6. The van der Waals surface area contributed by atoms with Crippen LogP contribution in [0, 0.1) is 23.3 Å². The van der Waals surface area contributed by atoms with Crippen molar-refractivity contribution in [2.24, 2.45) is 0 Å². The molecule has 0 aliphatic carbocycles. The van der Waals surface area contributed by atoms with Gasteiger partial charge >= 0.3 is 11.9 Å². The molecular formula is C69H90F4N9O25S4+. The summed E-state index contributed by atoms with van der Waals surface area (Å²) >= 11 is 0. The number of unbranched alkanes of at least 4 members (excludes halogenated alkanes) is 4. The second-order valence-corrected chi connectivity index (χ2v) is 33.7. The third kappa shape index (κ3) is 25.0. The number of benzene rings is 2. The Kier molecular flexibility index (Phi) is 31.4. The SMILES string of the molecule is CC12CCCCCC(=O)NCCCCCNC(=O)C(CS(=O)(=O)O)NC(=O)C(CS(=O)(=O)O)NC(=O)C(CS(=O)(=O)O)NC(=O)CCCCCC3(C)C(=[N+](CCCCCC(=O)ON4C(=O)CCC4=O)c4c(F)c(F)c(F)c(F)c43)C=CC=CC=C1N(CCCCCC(=O)ON1C(=O)CCC1=O)c1ccc(S(=O)(=O)O)cc12. The highest BCUT2D eigenvalue weighted by atomic mass is 32.2. The Morgan fingerprint density at radius 2 is 1.00 bits per heavy atom. The van der Waals surface area contributed by atoms with Gasteiger partial charge in [-0.05, 0) is 114 Å². The van der Waals surface area contributed by atoms with Crippen LogP contribution in [0.4, 0.5) is 28.9 Å². The van der Waals surface area contributed by atoms with E-state index in [-0.39, 0.29) is 141 Å². The zero-order valence-electron chi connectivity index (χ0n) is 60.8. The summed E-state index contributed by atoms with van der Waals surface area (Å²) in [5.74, 6) is -23.5. The molecule has 5 heterocycles. The van der Waals surface area contributed by atoms with Crippen LogP contribution >= 0.6 is 0 Å². The fourth-order valence-electron chi connectivity index (χ4n) is 13.7. The van der Waals surface area contributed by atoms with Crippen LogP contribution in [0.5, 0.6) is 0 Å². The van der Waals surface area contributed by atoms with E-state index in [2.05, 4.69) is 10.6 Å². The largest absolute Gasteiger partial charge is 0.356 e. The molecule has 2 aromatic rings. The normalized spacial score (nSPS) is 22.7. The zero-order chi connectivity index (χ0) is 82.0. The molecule has 5 aliphatic rings. The molecule has 2 aromatic carbocycles. The average Bonchev–Trinajstić information content (AvgIpc) is 1.56. The summed E-state index contributed by atoms with van der Waals surface area (Å²) in [4.78, 5) is 153. The molecule has 7 rings (SSSR count). The molecule has 0 saturated carbocycles. The fraction of sp³-hybridized carbons (Fsp3) is 0.565. The molecule has 0 aromatic heterocycles. The van der Waals surface area contributed by atoms with Crippen molar-refractivity contribution in [3.8, 4) is 0 Å². The first-order valence-electron chi connectivity index (χ1n) is 35.9. The van der Waals surface area contributed by atoms with Crippen LogP contribution in [-0.4, -0.2) is 199 Å². The number of anilines is 1. The Labute approximate surface area is 637 Å². The van der Waals surface area contributed by atoms with Crippen LogP contribution in [0.15, 0.2) is 59.2 Å². The lowest BCUT2D eigenvalue weighted by Gasteiger charge is -2.30. The number of fused-ring (bicyclic) bond motifs is 6. The van der Waals surface area contributed by atoms with Crippen molar-refractivity contribution >= 4 is 123 Å². The maximum atomic E-state index is 16.8. The number of imide groups is 2. The van der Waals surface area contributed by atoms with Gasteiger partial charge in [-0.25, -0.2) is 22.8 Å². The highest BCUT2D eigenvalue weighted by Crippen LogP contribution is 2.52. The van der Waals surface area contributed by atoms with Gasteiger partial charge in [0.05, 0.1) is 15.9 Å². The van der Waals surface area contributed by atoms with E-state index in [4.69, 9.17) is 9.68 Å². The van der Waals surface area contributed by atoms with Crippen LogP contribution in [-0.2, 0) is 114 Å². The van der Waals surface area contributed by atoms with Crippen molar-refractivity contribution < 1.29 is 136 Å². The first-order valence-corrected chi connectivity index (χ1v) is 42.2. The third-order valence-corrected chi connectivity index (χ3v) is 22.4. The van der Waals surface area contributed by atoms with E-state index >= 15 is 17.6 Å². The third-order valence-electron chi connectivity index (χ3n) is 19.3. The number of nitrogens with one attached hydrogen (secondary N) is 5. The van der Waals surface area contributed by atoms with Gasteiger partial charge in [0.15, 0.2) is 17.3 Å². The van der Waals surface area contributed by atoms with Crippen LogP contribution in [0.25, 0.3) is 0 Å². The van der Waals surface area contributed by atoms with Crippen molar-refractivity contribution in [3.05, 3.63) is 88.7 Å².